The first-order valence-electron chi connectivity index (χ1n) is 5.41. The monoisotopic (exact) mass is 205 g/mol. The number of hydrogen-bond donors (Lipinski definition) is 1. The topological polar surface area (TPSA) is 29.1 Å². The van der Waals surface area contributed by atoms with Gasteiger partial charge in [0.15, 0.2) is 0 Å². The standard InChI is InChI=1S/C13H19NO/c1-10(2)11(3)14-8-12-4-6-13(9-15)7-5-12/h4-7,9-11,14H,8H2,1-3H3. The Hall–Kier alpha value is -1.15. The minimum Gasteiger partial charge on any atom is -0.310 e. The van der Waals surface area contributed by atoms with E-state index in [-0.39, 0.29) is 0 Å². The van der Waals surface area contributed by atoms with Crippen LogP contribution in [-0.4, -0.2) is 12.3 Å². The lowest BCUT2D eigenvalue weighted by Crippen LogP contribution is -2.30. The number of carbonyl (C=O) groups excluding carboxylic acids is 1. The summed E-state index contributed by atoms with van der Waals surface area (Å²) in [5, 5.41) is 3.45. The van der Waals surface area contributed by atoms with E-state index in [9.17, 15) is 4.79 Å². The first kappa shape index (κ1) is 11.9. The van der Waals surface area contributed by atoms with E-state index < -0.39 is 0 Å². The van der Waals surface area contributed by atoms with Crippen LogP contribution in [0.3, 0.4) is 0 Å². The van der Waals surface area contributed by atoms with E-state index in [2.05, 4.69) is 26.1 Å². The minimum absolute atomic E-state index is 0.510. The molecule has 2 nitrogen and oxygen atoms in total. The van der Waals surface area contributed by atoms with Crippen LogP contribution in [0.25, 0.3) is 0 Å². The third kappa shape index (κ3) is 3.84. The Kier molecular flexibility index (Phi) is 4.50. The number of rotatable bonds is 5. The van der Waals surface area contributed by atoms with Crippen molar-refractivity contribution in [2.24, 2.45) is 5.92 Å². The van der Waals surface area contributed by atoms with Crippen LogP contribution in [0.1, 0.15) is 36.7 Å². The van der Waals surface area contributed by atoms with Gasteiger partial charge in [-0.2, -0.15) is 0 Å². The summed E-state index contributed by atoms with van der Waals surface area (Å²) in [6, 6.07) is 8.19. The summed E-state index contributed by atoms with van der Waals surface area (Å²) in [6.07, 6.45) is 0.869. The van der Waals surface area contributed by atoms with Crippen LogP contribution in [-0.2, 0) is 6.54 Å². The van der Waals surface area contributed by atoms with Crippen LogP contribution in [0.15, 0.2) is 24.3 Å². The Morgan fingerprint density at radius 2 is 1.80 bits per heavy atom. The van der Waals surface area contributed by atoms with Crippen LogP contribution in [0, 0.1) is 5.92 Å². The molecule has 0 aliphatic carbocycles. The van der Waals surface area contributed by atoms with Gasteiger partial charge in [-0.25, -0.2) is 0 Å². The first-order chi connectivity index (χ1) is 7.13. The van der Waals surface area contributed by atoms with Gasteiger partial charge in [0.2, 0.25) is 0 Å². The molecule has 0 aliphatic rings. The molecule has 0 saturated heterocycles. The van der Waals surface area contributed by atoms with Crippen molar-refractivity contribution in [1.82, 2.24) is 5.32 Å². The molecular formula is C13H19NO. The fraction of sp³-hybridized carbons (Fsp3) is 0.462. The molecule has 0 radical (unpaired) electrons. The van der Waals surface area contributed by atoms with Crippen molar-refractivity contribution < 1.29 is 4.79 Å². The third-order valence-corrected chi connectivity index (χ3v) is 2.74. The van der Waals surface area contributed by atoms with Crippen LogP contribution >= 0.6 is 0 Å². The Labute approximate surface area is 91.7 Å². The maximum atomic E-state index is 10.5. The predicted octanol–water partition coefficient (Wildman–Crippen LogP) is 2.63. The summed E-state index contributed by atoms with van der Waals surface area (Å²) in [5.74, 6) is 0.638. The van der Waals surface area contributed by atoms with Gasteiger partial charge in [-0.1, -0.05) is 38.1 Å². The molecule has 0 heterocycles. The Balaban J connectivity index is 2.47. The average molecular weight is 205 g/mol. The van der Waals surface area contributed by atoms with Crippen LogP contribution in [0.5, 0.6) is 0 Å². The average Bonchev–Trinajstić information content (AvgIpc) is 2.26. The highest BCUT2D eigenvalue weighted by atomic mass is 16.1. The summed E-state index contributed by atoms with van der Waals surface area (Å²) in [4.78, 5) is 10.5. The Morgan fingerprint density at radius 3 is 2.27 bits per heavy atom. The zero-order chi connectivity index (χ0) is 11.3. The lowest BCUT2D eigenvalue weighted by Gasteiger charge is -2.17. The number of hydrogen-bond acceptors (Lipinski definition) is 2. The summed E-state index contributed by atoms with van der Waals surface area (Å²) < 4.78 is 0. The van der Waals surface area contributed by atoms with Gasteiger partial charge in [-0.15, -0.1) is 0 Å². The second-order valence-corrected chi connectivity index (χ2v) is 4.27. The molecule has 0 saturated carbocycles. The highest BCUT2D eigenvalue weighted by molar-refractivity contribution is 5.74. The second kappa shape index (κ2) is 5.66. The van der Waals surface area contributed by atoms with E-state index in [1.807, 2.05) is 24.3 Å². The van der Waals surface area contributed by atoms with Crippen molar-refractivity contribution in [3.63, 3.8) is 0 Å². The Morgan fingerprint density at radius 1 is 1.20 bits per heavy atom. The highest BCUT2D eigenvalue weighted by Crippen LogP contribution is 2.05. The molecule has 0 spiro atoms. The summed E-state index contributed by atoms with van der Waals surface area (Å²) in [7, 11) is 0. The lowest BCUT2D eigenvalue weighted by molar-refractivity contribution is 0.112. The van der Waals surface area contributed by atoms with Gasteiger partial charge in [0.1, 0.15) is 6.29 Å². The maximum absolute atomic E-state index is 10.5. The number of carbonyl (C=O) groups is 1. The van der Waals surface area contributed by atoms with Gasteiger partial charge in [0, 0.05) is 18.2 Å². The molecule has 1 N–H and O–H groups in total. The lowest BCUT2D eigenvalue weighted by atomic mass is 10.1. The molecule has 0 fully saturated rings. The van der Waals surface area contributed by atoms with E-state index in [0.29, 0.717) is 12.0 Å². The molecule has 1 unspecified atom stereocenters. The SMILES string of the molecule is CC(C)C(C)NCc1ccc(C=O)cc1. The number of nitrogens with one attached hydrogen (secondary N) is 1. The summed E-state index contributed by atoms with van der Waals surface area (Å²) in [5.41, 5.74) is 1.95. The molecule has 2 heteroatoms. The van der Waals surface area contributed by atoms with Gasteiger partial charge in [-0.3, -0.25) is 4.79 Å². The fourth-order valence-electron chi connectivity index (χ4n) is 1.23. The normalized spacial score (nSPS) is 12.8. The van der Waals surface area contributed by atoms with Gasteiger partial charge in [0.25, 0.3) is 0 Å². The Bertz CT molecular complexity index is 303. The zero-order valence-corrected chi connectivity index (χ0v) is 9.66. The van der Waals surface area contributed by atoms with E-state index in [4.69, 9.17) is 0 Å². The van der Waals surface area contributed by atoms with E-state index in [1.165, 1.54) is 5.56 Å². The van der Waals surface area contributed by atoms with Crippen molar-refractivity contribution in [3.8, 4) is 0 Å². The van der Waals surface area contributed by atoms with Gasteiger partial charge in [-0.05, 0) is 18.4 Å². The van der Waals surface area contributed by atoms with Crippen LogP contribution in [0.4, 0.5) is 0 Å². The van der Waals surface area contributed by atoms with Gasteiger partial charge in [0.05, 0.1) is 0 Å². The summed E-state index contributed by atoms with van der Waals surface area (Å²) in [6.45, 7) is 7.45. The maximum Gasteiger partial charge on any atom is 0.150 e. The zero-order valence-electron chi connectivity index (χ0n) is 9.66. The van der Waals surface area contributed by atoms with Crippen molar-refractivity contribution in [2.45, 2.75) is 33.4 Å². The molecular weight excluding hydrogens is 186 g/mol. The van der Waals surface area contributed by atoms with Crippen molar-refractivity contribution in [2.75, 3.05) is 0 Å². The molecule has 1 aromatic rings. The molecule has 1 rings (SSSR count). The fourth-order valence-corrected chi connectivity index (χ4v) is 1.23. The van der Waals surface area contributed by atoms with Gasteiger partial charge >= 0.3 is 0 Å². The van der Waals surface area contributed by atoms with Crippen LogP contribution < -0.4 is 5.32 Å². The second-order valence-electron chi connectivity index (χ2n) is 4.27. The molecule has 0 bridgehead atoms. The molecule has 0 aromatic heterocycles. The van der Waals surface area contributed by atoms with E-state index in [0.717, 1.165) is 18.4 Å². The van der Waals surface area contributed by atoms with Crippen LogP contribution in [0.2, 0.25) is 0 Å². The van der Waals surface area contributed by atoms with Crippen molar-refractivity contribution >= 4 is 6.29 Å². The van der Waals surface area contributed by atoms with Gasteiger partial charge < -0.3 is 5.32 Å². The molecule has 1 atom stereocenters. The summed E-state index contributed by atoms with van der Waals surface area (Å²) >= 11 is 0. The molecule has 1 aromatic carbocycles. The number of benzene rings is 1. The molecule has 82 valence electrons. The largest absolute Gasteiger partial charge is 0.310 e. The molecule has 0 aliphatic heterocycles. The minimum atomic E-state index is 0.510. The third-order valence-electron chi connectivity index (χ3n) is 2.74. The van der Waals surface area contributed by atoms with Crippen molar-refractivity contribution in [1.29, 1.82) is 0 Å². The van der Waals surface area contributed by atoms with E-state index >= 15 is 0 Å². The highest BCUT2D eigenvalue weighted by Gasteiger charge is 2.05. The van der Waals surface area contributed by atoms with Crippen molar-refractivity contribution in [3.05, 3.63) is 35.4 Å². The predicted molar refractivity (Wildman–Crippen MR) is 63.0 cm³/mol. The molecule has 0 amide bonds. The molecule has 15 heavy (non-hydrogen) atoms. The smallest absolute Gasteiger partial charge is 0.150 e. The van der Waals surface area contributed by atoms with E-state index in [1.54, 1.807) is 0 Å². The first-order valence-corrected chi connectivity index (χ1v) is 5.41. The quantitative estimate of drug-likeness (QED) is 0.749. The number of aldehydes is 1.